The van der Waals surface area contributed by atoms with E-state index in [1.807, 2.05) is 12.2 Å². The molecule has 1 aromatic carbocycles. The molecular weight excluding hydrogens is 344 g/mol. The highest BCUT2D eigenvalue weighted by molar-refractivity contribution is 5.63. The Labute approximate surface area is 146 Å². The van der Waals surface area contributed by atoms with E-state index < -0.39 is 11.1 Å². The number of non-ortho nitro benzene ring substituents is 1. The molecule has 0 saturated carbocycles. The standard InChI is InChI=1S/C17H14N2O7/c20-15-13-10-3-4-11(7-10)14(13)16(21)18(15)26-17(22)25-8-9-1-5-12(6-2-9)19(23)24/h1-6,10-11,20-21H,7-8H2. The van der Waals surface area contributed by atoms with E-state index in [1.165, 1.54) is 24.3 Å². The predicted octanol–water partition coefficient (Wildman–Crippen LogP) is 2.71. The minimum Gasteiger partial charge on any atom is -0.492 e. The zero-order valence-corrected chi connectivity index (χ0v) is 13.4. The molecule has 2 N–H and O–H groups in total. The lowest BCUT2D eigenvalue weighted by atomic mass is 10.0. The van der Waals surface area contributed by atoms with E-state index in [4.69, 9.17) is 9.57 Å². The van der Waals surface area contributed by atoms with Gasteiger partial charge in [-0.2, -0.15) is 0 Å². The molecule has 0 spiro atoms. The van der Waals surface area contributed by atoms with E-state index in [-0.39, 0.29) is 35.9 Å². The predicted molar refractivity (Wildman–Crippen MR) is 86.9 cm³/mol. The molecule has 0 saturated heterocycles. The molecule has 9 nitrogen and oxygen atoms in total. The maximum Gasteiger partial charge on any atom is 0.534 e. The molecule has 2 aliphatic rings. The number of fused-ring (bicyclic) bond motifs is 5. The van der Waals surface area contributed by atoms with Crippen molar-refractivity contribution in [2.24, 2.45) is 0 Å². The first-order chi connectivity index (χ1) is 12.5. The van der Waals surface area contributed by atoms with Crippen LogP contribution in [0, 0.1) is 10.1 Å². The van der Waals surface area contributed by atoms with Crippen LogP contribution in [0.1, 0.15) is 34.9 Å². The summed E-state index contributed by atoms with van der Waals surface area (Å²) in [4.78, 5) is 26.8. The first-order valence-corrected chi connectivity index (χ1v) is 7.89. The number of aromatic nitrogens is 1. The highest BCUT2D eigenvalue weighted by Crippen LogP contribution is 2.56. The summed E-state index contributed by atoms with van der Waals surface area (Å²) in [5.74, 6) is -0.632. The number of carbonyl (C=O) groups excluding carboxylic acids is 1. The number of benzene rings is 1. The molecule has 2 bridgehead atoms. The Morgan fingerprint density at radius 3 is 2.27 bits per heavy atom. The Balaban J connectivity index is 1.42. The maximum atomic E-state index is 11.9. The molecule has 0 fully saturated rings. The number of allylic oxidation sites excluding steroid dienone is 2. The second-order valence-corrected chi connectivity index (χ2v) is 6.16. The highest BCUT2D eigenvalue weighted by atomic mass is 16.8. The first-order valence-electron chi connectivity index (χ1n) is 7.89. The van der Waals surface area contributed by atoms with Crippen molar-refractivity contribution in [3.63, 3.8) is 0 Å². The van der Waals surface area contributed by atoms with E-state index in [9.17, 15) is 25.1 Å². The summed E-state index contributed by atoms with van der Waals surface area (Å²) < 4.78 is 5.58. The number of nitrogens with zero attached hydrogens (tertiary/aromatic N) is 2. The summed E-state index contributed by atoms with van der Waals surface area (Å²) in [5.41, 5.74) is 1.59. The number of hydrogen-bond acceptors (Lipinski definition) is 7. The fraction of sp³-hybridized carbons (Fsp3) is 0.235. The molecule has 2 atom stereocenters. The third-order valence-corrected chi connectivity index (χ3v) is 4.65. The topological polar surface area (TPSA) is 124 Å². The van der Waals surface area contributed by atoms with Gasteiger partial charge in [-0.15, -0.1) is 4.73 Å². The minimum absolute atomic E-state index is 0.00174. The summed E-state index contributed by atoms with van der Waals surface area (Å²) in [6, 6.07) is 5.49. The van der Waals surface area contributed by atoms with E-state index in [0.717, 1.165) is 6.42 Å². The van der Waals surface area contributed by atoms with E-state index >= 15 is 0 Å². The molecule has 2 unspecified atom stereocenters. The summed E-state index contributed by atoms with van der Waals surface area (Å²) >= 11 is 0. The van der Waals surface area contributed by atoms with Crippen molar-refractivity contribution in [2.45, 2.75) is 24.9 Å². The van der Waals surface area contributed by atoms with E-state index in [1.54, 1.807) is 0 Å². The smallest absolute Gasteiger partial charge is 0.492 e. The SMILES string of the molecule is O=C(OCc1ccc([N+](=O)[O-])cc1)On1c(O)c2c(c1O)C1C=CC2C1. The molecule has 2 aliphatic carbocycles. The van der Waals surface area contributed by atoms with Gasteiger partial charge in [0.1, 0.15) is 6.61 Å². The number of carbonyl (C=O) groups is 1. The quantitative estimate of drug-likeness (QED) is 0.373. The highest BCUT2D eigenvalue weighted by Gasteiger charge is 2.42. The van der Waals surface area contributed by atoms with Crippen molar-refractivity contribution in [1.82, 2.24) is 4.73 Å². The summed E-state index contributed by atoms with van der Waals surface area (Å²) in [5, 5.41) is 31.1. The van der Waals surface area contributed by atoms with Crippen molar-refractivity contribution in [3.05, 3.63) is 63.2 Å². The van der Waals surface area contributed by atoms with Gasteiger partial charge in [0.2, 0.25) is 11.8 Å². The van der Waals surface area contributed by atoms with Gasteiger partial charge in [-0.3, -0.25) is 15.0 Å². The molecule has 26 heavy (non-hydrogen) atoms. The largest absolute Gasteiger partial charge is 0.534 e. The van der Waals surface area contributed by atoms with Crippen molar-refractivity contribution >= 4 is 11.8 Å². The molecular formula is C17H14N2O7. The number of nitro groups is 1. The van der Waals surface area contributed by atoms with Crippen molar-refractivity contribution in [1.29, 1.82) is 0 Å². The Morgan fingerprint density at radius 2 is 1.73 bits per heavy atom. The van der Waals surface area contributed by atoms with Crippen molar-refractivity contribution in [2.75, 3.05) is 0 Å². The van der Waals surface area contributed by atoms with Gasteiger partial charge in [0.05, 0.1) is 4.92 Å². The Morgan fingerprint density at radius 1 is 1.15 bits per heavy atom. The van der Waals surface area contributed by atoms with Crippen LogP contribution in [0.15, 0.2) is 36.4 Å². The fourth-order valence-corrected chi connectivity index (χ4v) is 3.46. The molecule has 134 valence electrons. The number of rotatable bonds is 4. The maximum absolute atomic E-state index is 11.9. The monoisotopic (exact) mass is 358 g/mol. The van der Waals surface area contributed by atoms with Gasteiger partial charge in [-0.1, -0.05) is 12.2 Å². The normalized spacial score (nSPS) is 19.4. The average molecular weight is 358 g/mol. The number of aromatic hydroxyl groups is 2. The van der Waals surface area contributed by atoms with Gasteiger partial charge in [0.15, 0.2) is 0 Å². The zero-order valence-electron chi connectivity index (χ0n) is 13.4. The molecule has 0 radical (unpaired) electrons. The van der Waals surface area contributed by atoms with Crippen LogP contribution in [-0.2, 0) is 11.3 Å². The number of ether oxygens (including phenoxy) is 1. The number of hydrogen-bond donors (Lipinski definition) is 2. The van der Waals surface area contributed by atoms with Gasteiger partial charge in [0.25, 0.3) is 5.69 Å². The number of nitro benzene ring substituents is 1. The third kappa shape index (κ3) is 2.44. The lowest BCUT2D eigenvalue weighted by Crippen LogP contribution is -2.20. The summed E-state index contributed by atoms with van der Waals surface area (Å²) in [7, 11) is 0. The van der Waals surface area contributed by atoms with Crippen LogP contribution in [0.25, 0.3) is 0 Å². The lowest BCUT2D eigenvalue weighted by molar-refractivity contribution is -0.384. The van der Waals surface area contributed by atoms with Gasteiger partial charge < -0.3 is 14.9 Å². The molecule has 0 aliphatic heterocycles. The van der Waals surface area contributed by atoms with Crippen LogP contribution in [0.3, 0.4) is 0 Å². The molecule has 2 aromatic rings. The third-order valence-electron chi connectivity index (χ3n) is 4.65. The van der Waals surface area contributed by atoms with Gasteiger partial charge in [-0.25, -0.2) is 4.79 Å². The van der Waals surface area contributed by atoms with Gasteiger partial charge >= 0.3 is 6.16 Å². The van der Waals surface area contributed by atoms with Crippen LogP contribution in [0.2, 0.25) is 0 Å². The Hall–Kier alpha value is -3.49. The Kier molecular flexibility index (Phi) is 3.57. The summed E-state index contributed by atoms with van der Waals surface area (Å²) in [6.45, 7) is -0.174. The van der Waals surface area contributed by atoms with Crippen LogP contribution in [-0.4, -0.2) is 26.0 Å². The fourth-order valence-electron chi connectivity index (χ4n) is 3.46. The van der Waals surface area contributed by atoms with Crippen LogP contribution < -0.4 is 4.84 Å². The van der Waals surface area contributed by atoms with E-state index in [0.29, 0.717) is 21.4 Å². The van der Waals surface area contributed by atoms with Crippen LogP contribution in [0.5, 0.6) is 11.8 Å². The Bertz CT molecular complexity index is 894. The molecule has 4 rings (SSSR count). The average Bonchev–Trinajstić information content (AvgIpc) is 3.30. The van der Waals surface area contributed by atoms with Gasteiger partial charge in [-0.05, 0) is 24.1 Å². The molecule has 0 amide bonds. The molecule has 9 heteroatoms. The van der Waals surface area contributed by atoms with Crippen molar-refractivity contribution < 1.29 is 29.5 Å². The minimum atomic E-state index is -1.12. The second-order valence-electron chi connectivity index (χ2n) is 6.16. The zero-order chi connectivity index (χ0) is 18.4. The van der Waals surface area contributed by atoms with Crippen molar-refractivity contribution in [3.8, 4) is 11.8 Å². The first kappa shape index (κ1) is 16.0. The molecule has 1 heterocycles. The van der Waals surface area contributed by atoms with Crippen LogP contribution in [0.4, 0.5) is 10.5 Å². The summed E-state index contributed by atoms with van der Waals surface area (Å²) in [6.07, 6.45) is 3.56. The van der Waals surface area contributed by atoms with Gasteiger partial charge in [0, 0.05) is 35.1 Å². The van der Waals surface area contributed by atoms with Crippen LogP contribution >= 0.6 is 0 Å². The molecule has 1 aromatic heterocycles. The van der Waals surface area contributed by atoms with E-state index in [2.05, 4.69) is 0 Å². The lowest BCUT2D eigenvalue weighted by Gasteiger charge is -2.09. The second kappa shape index (κ2) is 5.80.